The molecule has 0 aromatic heterocycles. The molecule has 0 saturated heterocycles. The van der Waals surface area contributed by atoms with Gasteiger partial charge in [0.15, 0.2) is 0 Å². The molecule has 0 aliphatic carbocycles. The highest BCUT2D eigenvalue weighted by atomic mass is 16.5. The van der Waals surface area contributed by atoms with Crippen LogP contribution in [0.4, 0.5) is 0 Å². The van der Waals surface area contributed by atoms with Gasteiger partial charge in [0.1, 0.15) is 5.75 Å². The Hall–Kier alpha value is -3.14. The molecule has 2 unspecified atom stereocenters. The predicted octanol–water partition coefficient (Wildman–Crippen LogP) is 6.50. The van der Waals surface area contributed by atoms with Crippen LogP contribution in [0.3, 0.4) is 0 Å². The number of carbonyl (C=O) groups is 2. The van der Waals surface area contributed by atoms with Crippen LogP contribution in [0.25, 0.3) is 0 Å². The Balaban J connectivity index is 2.08. The van der Waals surface area contributed by atoms with Crippen molar-refractivity contribution >= 4 is 11.9 Å². The van der Waals surface area contributed by atoms with E-state index in [1.807, 2.05) is 31.2 Å². The molecular formula is C28H34O4. The lowest BCUT2D eigenvalue weighted by Crippen LogP contribution is -2.19. The van der Waals surface area contributed by atoms with Crippen molar-refractivity contribution < 1.29 is 19.1 Å². The Morgan fingerprint density at radius 3 is 1.78 bits per heavy atom. The SMILES string of the molecule is C=C(C)C(=O)Oc1ccc(C(C)(C)c2ccc(C(C)CC(C)OC(=O)C(=C)C)cc2)cc1. The minimum absolute atomic E-state index is 0.178. The molecule has 0 aliphatic heterocycles. The van der Waals surface area contributed by atoms with Gasteiger partial charge >= 0.3 is 11.9 Å². The smallest absolute Gasteiger partial charge is 0.338 e. The summed E-state index contributed by atoms with van der Waals surface area (Å²) in [5, 5.41) is 0. The van der Waals surface area contributed by atoms with E-state index in [0.29, 0.717) is 16.9 Å². The first kappa shape index (κ1) is 25.1. The maximum absolute atomic E-state index is 11.7. The minimum atomic E-state index is -0.426. The van der Waals surface area contributed by atoms with Gasteiger partial charge in [0.25, 0.3) is 0 Å². The highest BCUT2D eigenvalue weighted by Gasteiger charge is 2.24. The largest absolute Gasteiger partial charge is 0.459 e. The van der Waals surface area contributed by atoms with E-state index in [9.17, 15) is 9.59 Å². The number of hydrogen-bond acceptors (Lipinski definition) is 4. The van der Waals surface area contributed by atoms with Crippen molar-refractivity contribution in [3.8, 4) is 5.75 Å². The lowest BCUT2D eigenvalue weighted by atomic mass is 9.77. The molecule has 2 atom stereocenters. The average Bonchev–Trinajstić information content (AvgIpc) is 2.73. The molecular weight excluding hydrogens is 400 g/mol. The van der Waals surface area contributed by atoms with E-state index in [1.54, 1.807) is 13.8 Å². The van der Waals surface area contributed by atoms with Gasteiger partial charge in [0, 0.05) is 16.6 Å². The summed E-state index contributed by atoms with van der Waals surface area (Å²) in [7, 11) is 0. The van der Waals surface area contributed by atoms with Crippen molar-refractivity contribution in [3.05, 3.63) is 89.5 Å². The molecule has 2 aromatic carbocycles. The van der Waals surface area contributed by atoms with Crippen molar-refractivity contribution in [2.75, 3.05) is 0 Å². The maximum atomic E-state index is 11.7. The van der Waals surface area contributed by atoms with Gasteiger partial charge in [0.2, 0.25) is 0 Å². The summed E-state index contributed by atoms with van der Waals surface area (Å²) in [5.41, 5.74) is 4.06. The number of benzene rings is 2. The number of hydrogen-bond donors (Lipinski definition) is 0. The van der Waals surface area contributed by atoms with Crippen LogP contribution in [-0.4, -0.2) is 18.0 Å². The summed E-state index contributed by atoms with van der Waals surface area (Å²) in [5.74, 6) is -0.0156. The van der Waals surface area contributed by atoms with Crippen LogP contribution in [0.1, 0.15) is 70.6 Å². The average molecular weight is 435 g/mol. The number of esters is 2. The monoisotopic (exact) mass is 434 g/mol. The lowest BCUT2D eigenvalue weighted by molar-refractivity contribution is -0.143. The second kappa shape index (κ2) is 10.4. The van der Waals surface area contributed by atoms with Crippen LogP contribution >= 0.6 is 0 Å². The van der Waals surface area contributed by atoms with E-state index in [0.717, 1.165) is 12.0 Å². The van der Waals surface area contributed by atoms with Gasteiger partial charge < -0.3 is 9.47 Å². The zero-order chi connectivity index (χ0) is 24.1. The molecule has 0 fully saturated rings. The second-order valence-electron chi connectivity index (χ2n) is 9.07. The standard InChI is InChI=1S/C28H34O4/c1-18(2)26(29)31-21(6)17-20(5)22-9-11-23(12-10-22)28(7,8)24-13-15-25(16-14-24)32-27(30)19(3)4/h9-16,20-21H,1,3,17H2,2,4-8H3. The Bertz CT molecular complexity index is 981. The third-order valence-corrected chi connectivity index (χ3v) is 5.68. The minimum Gasteiger partial charge on any atom is -0.459 e. The van der Waals surface area contributed by atoms with Crippen molar-refractivity contribution in [1.82, 2.24) is 0 Å². The normalized spacial score (nSPS) is 13.1. The number of carbonyl (C=O) groups excluding carboxylic acids is 2. The molecule has 4 heteroatoms. The fraction of sp³-hybridized carbons (Fsp3) is 0.357. The first-order chi connectivity index (χ1) is 14.9. The number of ether oxygens (including phenoxy) is 2. The van der Waals surface area contributed by atoms with E-state index in [2.05, 4.69) is 58.2 Å². The maximum Gasteiger partial charge on any atom is 0.338 e. The van der Waals surface area contributed by atoms with Gasteiger partial charge in [-0.05, 0) is 61.9 Å². The van der Waals surface area contributed by atoms with Crippen LogP contribution in [-0.2, 0) is 19.7 Å². The van der Waals surface area contributed by atoms with Gasteiger partial charge in [-0.1, -0.05) is 70.3 Å². The molecule has 0 bridgehead atoms. The quantitative estimate of drug-likeness (QED) is 0.257. The summed E-state index contributed by atoms with van der Waals surface area (Å²) < 4.78 is 10.7. The zero-order valence-electron chi connectivity index (χ0n) is 20.0. The lowest BCUT2D eigenvalue weighted by Gasteiger charge is -2.27. The topological polar surface area (TPSA) is 52.6 Å². The Morgan fingerprint density at radius 1 is 0.844 bits per heavy atom. The first-order valence-electron chi connectivity index (χ1n) is 10.9. The Kier molecular flexibility index (Phi) is 8.20. The molecule has 0 amide bonds. The summed E-state index contributed by atoms with van der Waals surface area (Å²) in [4.78, 5) is 23.4. The van der Waals surface area contributed by atoms with Crippen molar-refractivity contribution in [2.45, 2.75) is 65.4 Å². The highest BCUT2D eigenvalue weighted by molar-refractivity contribution is 5.88. The molecule has 0 heterocycles. The van der Waals surface area contributed by atoms with Crippen molar-refractivity contribution in [2.24, 2.45) is 0 Å². The van der Waals surface area contributed by atoms with Crippen molar-refractivity contribution in [3.63, 3.8) is 0 Å². The third kappa shape index (κ3) is 6.43. The molecule has 170 valence electrons. The zero-order valence-corrected chi connectivity index (χ0v) is 20.0. The highest BCUT2D eigenvalue weighted by Crippen LogP contribution is 2.34. The summed E-state index contributed by atoms with van der Waals surface area (Å²) in [6, 6.07) is 16.1. The second-order valence-corrected chi connectivity index (χ2v) is 9.07. The summed E-state index contributed by atoms with van der Waals surface area (Å²) in [6.45, 7) is 18.9. The molecule has 2 aromatic rings. The van der Waals surface area contributed by atoms with Gasteiger partial charge in [0.05, 0.1) is 6.10 Å². The van der Waals surface area contributed by atoms with E-state index < -0.39 is 5.97 Å². The molecule has 4 nitrogen and oxygen atoms in total. The fourth-order valence-electron chi connectivity index (χ4n) is 3.49. The summed E-state index contributed by atoms with van der Waals surface area (Å²) in [6.07, 6.45) is 0.564. The van der Waals surface area contributed by atoms with Crippen LogP contribution in [0.5, 0.6) is 5.75 Å². The predicted molar refractivity (Wildman–Crippen MR) is 129 cm³/mol. The van der Waals surface area contributed by atoms with Crippen LogP contribution in [0.2, 0.25) is 0 Å². The van der Waals surface area contributed by atoms with E-state index in [-0.39, 0.29) is 23.4 Å². The molecule has 2 rings (SSSR count). The van der Waals surface area contributed by atoms with Gasteiger partial charge in [-0.25, -0.2) is 9.59 Å². The molecule has 0 radical (unpaired) electrons. The van der Waals surface area contributed by atoms with Crippen LogP contribution in [0.15, 0.2) is 72.8 Å². The van der Waals surface area contributed by atoms with Gasteiger partial charge in [-0.2, -0.15) is 0 Å². The van der Waals surface area contributed by atoms with E-state index in [4.69, 9.17) is 9.47 Å². The van der Waals surface area contributed by atoms with Gasteiger partial charge in [-0.15, -0.1) is 0 Å². The molecule has 32 heavy (non-hydrogen) atoms. The van der Waals surface area contributed by atoms with E-state index >= 15 is 0 Å². The van der Waals surface area contributed by atoms with Crippen LogP contribution in [0, 0.1) is 0 Å². The van der Waals surface area contributed by atoms with Crippen LogP contribution < -0.4 is 4.74 Å². The first-order valence-corrected chi connectivity index (χ1v) is 10.9. The fourth-order valence-corrected chi connectivity index (χ4v) is 3.49. The summed E-state index contributed by atoms with van der Waals surface area (Å²) >= 11 is 0. The van der Waals surface area contributed by atoms with E-state index in [1.165, 1.54) is 11.1 Å². The van der Waals surface area contributed by atoms with Crippen molar-refractivity contribution in [1.29, 1.82) is 0 Å². The third-order valence-electron chi connectivity index (χ3n) is 5.68. The molecule has 0 N–H and O–H groups in total. The molecule has 0 spiro atoms. The van der Waals surface area contributed by atoms with Gasteiger partial charge in [-0.3, -0.25) is 0 Å². The molecule has 0 saturated carbocycles. The Morgan fingerprint density at radius 2 is 1.31 bits per heavy atom. The molecule has 0 aliphatic rings. The Labute approximate surface area is 191 Å². The number of rotatable bonds is 9.